The van der Waals surface area contributed by atoms with Gasteiger partial charge >= 0.3 is 0 Å². The van der Waals surface area contributed by atoms with Crippen LogP contribution >= 0.6 is 0 Å². The number of nitrogens with one attached hydrogen (secondary N) is 1. The van der Waals surface area contributed by atoms with Crippen LogP contribution in [0.25, 0.3) is 0 Å². The molecule has 1 aliphatic rings. The van der Waals surface area contributed by atoms with Gasteiger partial charge in [0.1, 0.15) is 0 Å². The molecule has 1 rings (SSSR count). The summed E-state index contributed by atoms with van der Waals surface area (Å²) < 4.78 is 5.82. The number of allylic oxidation sites excluding steroid dienone is 1. The number of hydrogen-bond acceptors (Lipinski definition) is 2. The largest absolute Gasteiger partial charge is 0.379 e. The van der Waals surface area contributed by atoms with Crippen molar-refractivity contribution >= 4 is 0 Å². The predicted octanol–water partition coefficient (Wildman–Crippen LogP) is 3.92. The van der Waals surface area contributed by atoms with Crippen LogP contribution in [0.5, 0.6) is 0 Å². The van der Waals surface area contributed by atoms with E-state index in [-0.39, 0.29) is 11.5 Å². The quantitative estimate of drug-likeness (QED) is 0.725. The summed E-state index contributed by atoms with van der Waals surface area (Å²) in [5, 5.41) is 3.70. The summed E-state index contributed by atoms with van der Waals surface area (Å²) in [6, 6.07) is 0.384. The van der Waals surface area contributed by atoms with E-state index in [1.807, 2.05) is 7.11 Å². The Bertz CT molecular complexity index is 265. The van der Waals surface area contributed by atoms with Gasteiger partial charge < -0.3 is 10.1 Å². The van der Waals surface area contributed by atoms with Gasteiger partial charge in [0.05, 0.1) is 12.1 Å². The van der Waals surface area contributed by atoms with Gasteiger partial charge in [0, 0.05) is 7.11 Å². The smallest absolute Gasteiger partial charge is 0.0810 e. The van der Waals surface area contributed by atoms with Gasteiger partial charge in [0.2, 0.25) is 0 Å². The minimum absolute atomic E-state index is 0.165. The third-order valence-corrected chi connectivity index (χ3v) is 3.75. The lowest BCUT2D eigenvalue weighted by atomic mass is 9.79. The lowest BCUT2D eigenvalue weighted by molar-refractivity contribution is -0.00334. The van der Waals surface area contributed by atoms with Gasteiger partial charge in [-0.3, -0.25) is 0 Å². The topological polar surface area (TPSA) is 21.3 Å². The minimum atomic E-state index is 0.165. The molecule has 0 saturated heterocycles. The van der Waals surface area contributed by atoms with E-state index in [2.05, 4.69) is 39.1 Å². The Labute approximate surface area is 113 Å². The summed E-state index contributed by atoms with van der Waals surface area (Å²) in [5.41, 5.74) is 1.73. The van der Waals surface area contributed by atoms with Gasteiger partial charge in [0.15, 0.2) is 0 Å². The van der Waals surface area contributed by atoms with Gasteiger partial charge in [-0.05, 0) is 44.1 Å². The Balaban J connectivity index is 2.84. The zero-order chi connectivity index (χ0) is 13.6. The predicted molar refractivity (Wildman–Crippen MR) is 78.9 cm³/mol. The van der Waals surface area contributed by atoms with Gasteiger partial charge in [-0.1, -0.05) is 39.3 Å². The van der Waals surface area contributed by atoms with Crippen molar-refractivity contribution in [2.45, 2.75) is 71.9 Å². The van der Waals surface area contributed by atoms with Gasteiger partial charge in [0.25, 0.3) is 0 Å². The summed E-state index contributed by atoms with van der Waals surface area (Å²) in [4.78, 5) is 0. The van der Waals surface area contributed by atoms with Crippen LogP contribution in [0.4, 0.5) is 0 Å². The van der Waals surface area contributed by atoms with Crippen molar-refractivity contribution in [1.29, 1.82) is 0 Å². The average molecular weight is 253 g/mol. The summed E-state index contributed by atoms with van der Waals surface area (Å²) in [6.07, 6.45) is 9.00. The van der Waals surface area contributed by atoms with Crippen molar-refractivity contribution in [1.82, 2.24) is 5.32 Å². The molecule has 0 heterocycles. The molecule has 0 bridgehead atoms. The molecule has 0 aromatic rings. The normalized spacial score (nSPS) is 20.4. The van der Waals surface area contributed by atoms with E-state index in [1.54, 1.807) is 5.57 Å². The molecule has 1 aliphatic carbocycles. The lowest BCUT2D eigenvalue weighted by Crippen LogP contribution is -2.49. The summed E-state index contributed by atoms with van der Waals surface area (Å²) in [5.74, 6) is 0. The molecule has 0 fully saturated rings. The molecule has 0 spiro atoms. The minimum Gasteiger partial charge on any atom is -0.379 e. The fraction of sp³-hybridized carbons (Fsp3) is 0.875. The maximum Gasteiger partial charge on any atom is 0.0810 e. The van der Waals surface area contributed by atoms with Gasteiger partial charge in [-0.15, -0.1) is 0 Å². The van der Waals surface area contributed by atoms with E-state index in [4.69, 9.17) is 4.74 Å². The van der Waals surface area contributed by atoms with Crippen molar-refractivity contribution in [2.75, 3.05) is 13.7 Å². The first-order valence-corrected chi connectivity index (χ1v) is 7.45. The van der Waals surface area contributed by atoms with Gasteiger partial charge in [-0.2, -0.15) is 0 Å². The standard InChI is InChI=1S/C16H31NO/c1-6-12-17-14(13-10-8-7-9-11-13)15(18-5)16(2,3)4/h10,14-15,17H,6-9,11-12H2,1-5H3. The molecule has 0 radical (unpaired) electrons. The van der Waals surface area contributed by atoms with Crippen molar-refractivity contribution in [3.63, 3.8) is 0 Å². The van der Waals surface area contributed by atoms with Crippen molar-refractivity contribution in [3.8, 4) is 0 Å². The molecular formula is C16H31NO. The molecule has 0 aliphatic heterocycles. The fourth-order valence-corrected chi connectivity index (χ4v) is 2.87. The Kier molecular flexibility index (Phi) is 6.37. The number of methoxy groups -OCH3 is 1. The molecule has 18 heavy (non-hydrogen) atoms. The Morgan fingerprint density at radius 2 is 2.06 bits per heavy atom. The highest BCUT2D eigenvalue weighted by Gasteiger charge is 2.34. The molecule has 0 amide bonds. The van der Waals surface area contributed by atoms with Crippen molar-refractivity contribution in [3.05, 3.63) is 11.6 Å². The van der Waals surface area contributed by atoms with E-state index < -0.39 is 0 Å². The maximum absolute atomic E-state index is 5.82. The molecule has 106 valence electrons. The first-order chi connectivity index (χ1) is 8.50. The van der Waals surface area contributed by atoms with E-state index >= 15 is 0 Å². The molecule has 2 unspecified atom stereocenters. The van der Waals surface area contributed by atoms with Crippen molar-refractivity contribution in [2.24, 2.45) is 5.41 Å². The molecule has 1 N–H and O–H groups in total. The number of rotatable bonds is 6. The van der Waals surface area contributed by atoms with Crippen LogP contribution in [-0.2, 0) is 4.74 Å². The first kappa shape index (κ1) is 15.7. The Morgan fingerprint density at radius 1 is 1.33 bits per heavy atom. The van der Waals surface area contributed by atoms with Crippen LogP contribution in [0.2, 0.25) is 0 Å². The second-order valence-electron chi connectivity index (χ2n) is 6.48. The molecule has 0 saturated carbocycles. The fourth-order valence-electron chi connectivity index (χ4n) is 2.87. The molecule has 0 aromatic carbocycles. The first-order valence-electron chi connectivity index (χ1n) is 7.45. The zero-order valence-electron chi connectivity index (χ0n) is 12.9. The van der Waals surface area contributed by atoms with E-state index in [1.165, 1.54) is 32.1 Å². The van der Waals surface area contributed by atoms with Crippen LogP contribution in [0.3, 0.4) is 0 Å². The summed E-state index contributed by atoms with van der Waals surface area (Å²) in [7, 11) is 1.85. The SMILES string of the molecule is CCCNC(C1=CCCCC1)C(OC)C(C)(C)C. The summed E-state index contributed by atoms with van der Waals surface area (Å²) >= 11 is 0. The number of hydrogen-bond donors (Lipinski definition) is 1. The Hall–Kier alpha value is -0.340. The monoisotopic (exact) mass is 253 g/mol. The summed E-state index contributed by atoms with van der Waals surface area (Å²) in [6.45, 7) is 10.1. The Morgan fingerprint density at radius 3 is 2.50 bits per heavy atom. The van der Waals surface area contributed by atoms with E-state index in [0.29, 0.717) is 6.04 Å². The van der Waals surface area contributed by atoms with Gasteiger partial charge in [-0.25, -0.2) is 0 Å². The highest BCUT2D eigenvalue weighted by molar-refractivity contribution is 5.17. The molecular weight excluding hydrogens is 222 g/mol. The molecule has 2 nitrogen and oxygen atoms in total. The zero-order valence-corrected chi connectivity index (χ0v) is 12.9. The second kappa shape index (κ2) is 7.30. The molecule has 0 aromatic heterocycles. The highest BCUT2D eigenvalue weighted by atomic mass is 16.5. The van der Waals surface area contributed by atoms with Crippen LogP contribution in [-0.4, -0.2) is 25.8 Å². The van der Waals surface area contributed by atoms with Crippen molar-refractivity contribution < 1.29 is 4.74 Å². The highest BCUT2D eigenvalue weighted by Crippen LogP contribution is 2.31. The third-order valence-electron chi connectivity index (χ3n) is 3.75. The molecule has 2 heteroatoms. The maximum atomic E-state index is 5.82. The second-order valence-corrected chi connectivity index (χ2v) is 6.48. The third kappa shape index (κ3) is 4.40. The van der Waals surface area contributed by atoms with Crippen LogP contribution in [0.15, 0.2) is 11.6 Å². The molecule has 2 atom stereocenters. The van der Waals surface area contributed by atoms with Crippen LogP contribution < -0.4 is 5.32 Å². The van der Waals surface area contributed by atoms with E-state index in [0.717, 1.165) is 6.54 Å². The van der Waals surface area contributed by atoms with Crippen LogP contribution in [0.1, 0.15) is 59.8 Å². The lowest BCUT2D eigenvalue weighted by Gasteiger charge is -2.38. The van der Waals surface area contributed by atoms with Crippen LogP contribution in [0, 0.1) is 5.41 Å². The number of ether oxygens (including phenoxy) is 1. The average Bonchev–Trinajstić information content (AvgIpc) is 2.34. The van der Waals surface area contributed by atoms with E-state index in [9.17, 15) is 0 Å².